The van der Waals surface area contributed by atoms with Gasteiger partial charge in [-0.3, -0.25) is 4.79 Å². The number of allylic oxidation sites excluding steroid dienone is 2. The maximum Gasteiger partial charge on any atom is 0.258 e. The summed E-state index contributed by atoms with van der Waals surface area (Å²) in [7, 11) is 0. The number of carbonyl (C=O) groups excluding carboxylic acids is 1. The van der Waals surface area contributed by atoms with Crippen LogP contribution in [0.2, 0.25) is 0 Å². The van der Waals surface area contributed by atoms with Crippen LogP contribution in [0.25, 0.3) is 0 Å². The second kappa shape index (κ2) is 7.58. The van der Waals surface area contributed by atoms with Crippen molar-refractivity contribution in [2.75, 3.05) is 4.90 Å². The molecule has 1 heterocycles. The molecule has 29 heavy (non-hydrogen) atoms. The van der Waals surface area contributed by atoms with Gasteiger partial charge in [0, 0.05) is 26.1 Å². The van der Waals surface area contributed by atoms with Gasteiger partial charge < -0.3 is 4.90 Å². The molecule has 0 fully saturated rings. The van der Waals surface area contributed by atoms with E-state index in [2.05, 4.69) is 80.4 Å². The van der Waals surface area contributed by atoms with E-state index in [9.17, 15) is 4.79 Å². The Morgan fingerprint density at radius 2 is 1.62 bits per heavy atom. The highest BCUT2D eigenvalue weighted by molar-refractivity contribution is 9.10. The van der Waals surface area contributed by atoms with Crippen LogP contribution in [0.3, 0.4) is 0 Å². The minimum atomic E-state index is -0.00974. The van der Waals surface area contributed by atoms with Crippen LogP contribution in [0.5, 0.6) is 0 Å². The van der Waals surface area contributed by atoms with Gasteiger partial charge in [-0.15, -0.1) is 0 Å². The van der Waals surface area contributed by atoms with Gasteiger partial charge in [0.25, 0.3) is 5.91 Å². The number of hydrogen-bond acceptors (Lipinski definition) is 1. The van der Waals surface area contributed by atoms with Gasteiger partial charge in [0.05, 0.1) is 6.04 Å². The fraction of sp³-hybridized carbons (Fsp3) is 0.160. The molecule has 0 unspecified atom stereocenters. The minimum Gasteiger partial charge on any atom is -0.300 e. The third-order valence-corrected chi connectivity index (χ3v) is 6.98. The molecule has 0 aromatic heterocycles. The van der Waals surface area contributed by atoms with Crippen LogP contribution >= 0.6 is 31.9 Å². The molecule has 4 heteroatoms. The Kier molecular flexibility index (Phi) is 4.92. The highest BCUT2D eigenvalue weighted by Crippen LogP contribution is 2.53. The molecule has 3 atom stereocenters. The summed E-state index contributed by atoms with van der Waals surface area (Å²) in [5.41, 5.74) is 4.11. The van der Waals surface area contributed by atoms with E-state index in [0.29, 0.717) is 17.4 Å². The molecule has 144 valence electrons. The van der Waals surface area contributed by atoms with Crippen LogP contribution in [0.1, 0.15) is 39.9 Å². The second-order valence-electron chi connectivity index (χ2n) is 7.59. The van der Waals surface area contributed by atoms with Gasteiger partial charge in [-0.2, -0.15) is 0 Å². The van der Waals surface area contributed by atoms with E-state index >= 15 is 0 Å². The molecule has 0 radical (unpaired) electrons. The topological polar surface area (TPSA) is 20.3 Å². The third-order valence-electron chi connectivity index (χ3n) is 5.96. The van der Waals surface area contributed by atoms with Gasteiger partial charge in [-0.1, -0.05) is 74.3 Å². The zero-order valence-corrected chi connectivity index (χ0v) is 18.8. The van der Waals surface area contributed by atoms with Crippen molar-refractivity contribution < 1.29 is 4.79 Å². The molecule has 0 saturated carbocycles. The van der Waals surface area contributed by atoms with Gasteiger partial charge >= 0.3 is 0 Å². The lowest BCUT2D eigenvalue weighted by atomic mass is 9.75. The average Bonchev–Trinajstić information content (AvgIpc) is 3.24. The standard InChI is InChI=1S/C25H19Br2NO/c26-18-11-9-16(10-12-18)24-21-8-4-7-20(21)22-15-19(27)13-14-23(22)28(24)25(29)17-5-2-1-3-6-17/h1-7,9-15,20-21,24H,8H2/t20-,21-,24-/m1/s1. The molecule has 0 spiro atoms. The van der Waals surface area contributed by atoms with Crippen molar-refractivity contribution in [3.05, 3.63) is 111 Å². The number of fused-ring (bicyclic) bond motifs is 3. The van der Waals surface area contributed by atoms with Crippen LogP contribution in [-0.2, 0) is 0 Å². The first-order valence-corrected chi connectivity index (χ1v) is 11.3. The monoisotopic (exact) mass is 507 g/mol. The summed E-state index contributed by atoms with van der Waals surface area (Å²) < 4.78 is 2.09. The largest absolute Gasteiger partial charge is 0.300 e. The van der Waals surface area contributed by atoms with Gasteiger partial charge in [0.15, 0.2) is 0 Å². The summed E-state index contributed by atoms with van der Waals surface area (Å²) in [6.07, 6.45) is 5.55. The van der Waals surface area contributed by atoms with E-state index in [-0.39, 0.29) is 11.9 Å². The summed E-state index contributed by atoms with van der Waals surface area (Å²) in [5, 5.41) is 0. The first kappa shape index (κ1) is 18.8. The van der Waals surface area contributed by atoms with Crippen LogP contribution in [0, 0.1) is 5.92 Å². The highest BCUT2D eigenvalue weighted by Gasteiger charge is 2.44. The lowest BCUT2D eigenvalue weighted by Gasteiger charge is -2.44. The predicted octanol–water partition coefficient (Wildman–Crippen LogP) is 7.27. The van der Waals surface area contributed by atoms with Gasteiger partial charge in [0.1, 0.15) is 0 Å². The summed E-state index contributed by atoms with van der Waals surface area (Å²) in [6.45, 7) is 0. The van der Waals surface area contributed by atoms with E-state index in [0.717, 1.165) is 21.1 Å². The van der Waals surface area contributed by atoms with Crippen LogP contribution < -0.4 is 4.90 Å². The van der Waals surface area contributed by atoms with Crippen molar-refractivity contribution in [1.82, 2.24) is 0 Å². The Balaban J connectivity index is 1.71. The van der Waals surface area contributed by atoms with Crippen molar-refractivity contribution in [3.63, 3.8) is 0 Å². The zero-order valence-electron chi connectivity index (χ0n) is 15.6. The zero-order chi connectivity index (χ0) is 20.0. The number of nitrogens with zero attached hydrogens (tertiary/aromatic N) is 1. The number of hydrogen-bond donors (Lipinski definition) is 0. The Bertz CT molecular complexity index is 1090. The Morgan fingerprint density at radius 3 is 2.38 bits per heavy atom. The van der Waals surface area contributed by atoms with Gasteiger partial charge in [-0.25, -0.2) is 0 Å². The summed E-state index contributed by atoms with van der Waals surface area (Å²) in [6, 6.07) is 24.3. The molecule has 5 rings (SSSR count). The highest BCUT2D eigenvalue weighted by atomic mass is 79.9. The number of halogens is 2. The smallest absolute Gasteiger partial charge is 0.258 e. The first-order chi connectivity index (χ1) is 14.1. The number of carbonyl (C=O) groups is 1. The fourth-order valence-electron chi connectivity index (χ4n) is 4.70. The summed E-state index contributed by atoms with van der Waals surface area (Å²) >= 11 is 7.17. The molecule has 2 aliphatic rings. The van der Waals surface area contributed by atoms with Crippen molar-refractivity contribution in [2.45, 2.75) is 18.4 Å². The second-order valence-corrected chi connectivity index (χ2v) is 9.43. The van der Waals surface area contributed by atoms with Crippen LogP contribution in [-0.4, -0.2) is 5.91 Å². The lowest BCUT2D eigenvalue weighted by molar-refractivity contribution is 0.0961. The van der Waals surface area contributed by atoms with E-state index in [4.69, 9.17) is 0 Å². The molecule has 3 aromatic rings. The molecule has 1 aliphatic heterocycles. The Morgan fingerprint density at radius 1 is 0.897 bits per heavy atom. The predicted molar refractivity (Wildman–Crippen MR) is 124 cm³/mol. The first-order valence-electron chi connectivity index (χ1n) is 9.73. The maximum atomic E-state index is 13.8. The van der Waals surface area contributed by atoms with E-state index in [1.54, 1.807) is 0 Å². The number of anilines is 1. The minimum absolute atomic E-state index is 0.00974. The molecule has 0 N–H and O–H groups in total. The molecular weight excluding hydrogens is 490 g/mol. The number of amides is 1. The molecular formula is C25H19Br2NO. The van der Waals surface area contributed by atoms with E-state index < -0.39 is 0 Å². The maximum absolute atomic E-state index is 13.8. The van der Waals surface area contributed by atoms with E-state index in [1.165, 1.54) is 11.1 Å². The Hall–Kier alpha value is -2.17. The lowest BCUT2D eigenvalue weighted by Crippen LogP contribution is -2.43. The van der Waals surface area contributed by atoms with Gasteiger partial charge in [-0.05, 0) is 65.9 Å². The van der Waals surface area contributed by atoms with Crippen molar-refractivity contribution >= 4 is 43.5 Å². The molecule has 1 aliphatic carbocycles. The number of benzene rings is 3. The third kappa shape index (κ3) is 3.28. The quantitative estimate of drug-likeness (QED) is 0.333. The summed E-state index contributed by atoms with van der Waals surface area (Å²) in [5.74, 6) is 0.689. The van der Waals surface area contributed by atoms with Crippen molar-refractivity contribution in [3.8, 4) is 0 Å². The van der Waals surface area contributed by atoms with Gasteiger partial charge in [0.2, 0.25) is 0 Å². The fourth-order valence-corrected chi connectivity index (χ4v) is 5.34. The average molecular weight is 509 g/mol. The SMILES string of the molecule is O=C(c1ccccc1)N1c2ccc(Br)cc2[C@@H]2C=CC[C@H]2[C@H]1c1ccc(Br)cc1. The molecule has 3 aromatic carbocycles. The summed E-state index contributed by atoms with van der Waals surface area (Å²) in [4.78, 5) is 15.8. The van der Waals surface area contributed by atoms with Crippen molar-refractivity contribution in [2.24, 2.45) is 5.92 Å². The van der Waals surface area contributed by atoms with Crippen LogP contribution in [0.15, 0.2) is 93.9 Å². The molecule has 2 nitrogen and oxygen atoms in total. The normalized spacial score (nSPS) is 22.3. The Labute approximate surface area is 187 Å². The molecule has 0 bridgehead atoms. The molecule has 1 amide bonds. The van der Waals surface area contributed by atoms with Crippen molar-refractivity contribution in [1.29, 1.82) is 0 Å². The van der Waals surface area contributed by atoms with E-state index in [1.807, 2.05) is 41.3 Å². The number of rotatable bonds is 2. The molecule has 0 saturated heterocycles. The van der Waals surface area contributed by atoms with Crippen LogP contribution in [0.4, 0.5) is 5.69 Å².